The summed E-state index contributed by atoms with van der Waals surface area (Å²) in [6, 6.07) is 5.72. The van der Waals surface area contributed by atoms with E-state index < -0.39 is 0 Å². The fraction of sp³-hybridized carbons (Fsp3) is 0.667. The summed E-state index contributed by atoms with van der Waals surface area (Å²) in [7, 11) is 0. The lowest BCUT2D eigenvalue weighted by Crippen LogP contribution is -2.42. The maximum atomic E-state index is 12.6. The molecule has 1 N–H and O–H groups in total. The Balaban J connectivity index is 1.87. The molecule has 6 nitrogen and oxygen atoms in total. The molecule has 0 aliphatic carbocycles. The lowest BCUT2D eigenvalue weighted by molar-refractivity contribution is 0.0898. The van der Waals surface area contributed by atoms with E-state index in [1.807, 2.05) is 30.7 Å². The molecule has 2 aromatic rings. The maximum absolute atomic E-state index is 12.6. The molecule has 6 heteroatoms. The molecular weight excluding hydrogens is 376 g/mol. The Labute approximate surface area is 182 Å². The Bertz CT molecular complexity index is 755. The lowest BCUT2D eigenvalue weighted by atomic mass is 10.2. The van der Waals surface area contributed by atoms with Crippen LogP contribution in [0.3, 0.4) is 0 Å². The largest absolute Gasteiger partial charge is 0.454 e. The van der Waals surface area contributed by atoms with Crippen LogP contribution in [0.4, 0.5) is 0 Å². The minimum absolute atomic E-state index is 0.0744. The van der Waals surface area contributed by atoms with Gasteiger partial charge in [0.05, 0.1) is 12.2 Å². The number of furan rings is 1. The molecule has 2 rings (SSSR count). The van der Waals surface area contributed by atoms with Gasteiger partial charge in [0, 0.05) is 18.3 Å². The molecule has 0 aliphatic heterocycles. The number of hydrogen-bond donors (Lipinski definition) is 1. The third kappa shape index (κ3) is 7.98. The van der Waals surface area contributed by atoms with Crippen molar-refractivity contribution >= 4 is 5.91 Å². The van der Waals surface area contributed by atoms with Gasteiger partial charge in [-0.05, 0) is 64.9 Å². The van der Waals surface area contributed by atoms with Crippen LogP contribution in [-0.4, -0.2) is 46.3 Å². The molecule has 30 heavy (non-hydrogen) atoms. The average Bonchev–Trinajstić information content (AvgIpc) is 3.28. The Morgan fingerprint density at radius 2 is 1.80 bits per heavy atom. The molecule has 1 amide bonds. The van der Waals surface area contributed by atoms with Gasteiger partial charge in [-0.2, -0.15) is 5.10 Å². The van der Waals surface area contributed by atoms with E-state index in [-0.39, 0.29) is 11.9 Å². The molecule has 0 saturated carbocycles. The minimum Gasteiger partial charge on any atom is -0.454 e. The first-order chi connectivity index (χ1) is 14.4. The van der Waals surface area contributed by atoms with Crippen molar-refractivity contribution < 1.29 is 9.21 Å². The van der Waals surface area contributed by atoms with E-state index in [0.717, 1.165) is 36.8 Å². The van der Waals surface area contributed by atoms with Gasteiger partial charge in [0.25, 0.3) is 5.91 Å². The fourth-order valence-corrected chi connectivity index (χ4v) is 3.76. The summed E-state index contributed by atoms with van der Waals surface area (Å²) in [5.74, 6) is 0.950. The second-order valence-electron chi connectivity index (χ2n) is 8.44. The highest BCUT2D eigenvalue weighted by atomic mass is 16.4. The van der Waals surface area contributed by atoms with E-state index in [2.05, 4.69) is 36.1 Å². The van der Waals surface area contributed by atoms with Crippen molar-refractivity contribution in [1.82, 2.24) is 20.0 Å². The Kier molecular flexibility index (Phi) is 10.1. The van der Waals surface area contributed by atoms with E-state index in [4.69, 9.17) is 4.42 Å². The van der Waals surface area contributed by atoms with Crippen molar-refractivity contribution in [3.05, 3.63) is 41.1 Å². The summed E-state index contributed by atoms with van der Waals surface area (Å²) >= 11 is 0. The third-order valence-corrected chi connectivity index (χ3v) is 5.36. The van der Waals surface area contributed by atoms with E-state index in [1.54, 1.807) is 6.07 Å². The van der Waals surface area contributed by atoms with Crippen molar-refractivity contribution in [2.75, 3.05) is 19.6 Å². The number of carbonyl (C=O) groups is 1. The molecule has 0 bridgehead atoms. The minimum atomic E-state index is -0.149. The van der Waals surface area contributed by atoms with E-state index in [1.165, 1.54) is 38.5 Å². The fourth-order valence-electron chi connectivity index (χ4n) is 3.76. The van der Waals surface area contributed by atoms with Crippen molar-refractivity contribution in [2.24, 2.45) is 0 Å². The number of carbonyl (C=O) groups excluding carboxylic acids is 1. The first-order valence-corrected chi connectivity index (χ1v) is 11.6. The molecule has 0 aliphatic rings. The molecule has 2 aromatic heterocycles. The molecule has 0 saturated heterocycles. The van der Waals surface area contributed by atoms with Crippen molar-refractivity contribution in [3.63, 3.8) is 0 Å². The SMILES string of the molecule is CCCCCN(CCCCC)CC(C)NC(=O)c1ccc(Cn2nc(C)cc2C)o1. The second-order valence-corrected chi connectivity index (χ2v) is 8.44. The van der Waals surface area contributed by atoms with E-state index in [9.17, 15) is 4.79 Å². The molecule has 0 aromatic carbocycles. The number of amides is 1. The summed E-state index contributed by atoms with van der Waals surface area (Å²) in [4.78, 5) is 15.1. The summed E-state index contributed by atoms with van der Waals surface area (Å²) in [6.07, 6.45) is 7.42. The van der Waals surface area contributed by atoms with Crippen LogP contribution in [0.2, 0.25) is 0 Å². The van der Waals surface area contributed by atoms with Crippen molar-refractivity contribution in [3.8, 4) is 0 Å². The van der Waals surface area contributed by atoms with Crippen molar-refractivity contribution in [1.29, 1.82) is 0 Å². The maximum Gasteiger partial charge on any atom is 0.287 e. The number of rotatable bonds is 14. The van der Waals surface area contributed by atoms with Crippen LogP contribution in [0.25, 0.3) is 0 Å². The first-order valence-electron chi connectivity index (χ1n) is 11.6. The molecular formula is C24H40N4O2. The van der Waals surface area contributed by atoms with Crippen LogP contribution in [0.5, 0.6) is 0 Å². The predicted molar refractivity (Wildman–Crippen MR) is 122 cm³/mol. The highest BCUT2D eigenvalue weighted by Gasteiger charge is 2.17. The summed E-state index contributed by atoms with van der Waals surface area (Å²) in [5, 5.41) is 7.56. The number of aryl methyl sites for hydroxylation is 2. The average molecular weight is 417 g/mol. The third-order valence-electron chi connectivity index (χ3n) is 5.36. The van der Waals surface area contributed by atoms with Gasteiger partial charge in [-0.15, -0.1) is 0 Å². The standard InChI is InChI=1S/C24H40N4O2/c1-6-8-10-14-27(15-11-9-7-2)17-20(4)25-24(29)23-13-12-22(30-23)18-28-21(5)16-19(3)26-28/h12-13,16,20H,6-11,14-15,17-18H2,1-5H3,(H,25,29). The topological polar surface area (TPSA) is 63.3 Å². The van der Waals surface area contributed by atoms with Gasteiger partial charge in [-0.1, -0.05) is 39.5 Å². The van der Waals surface area contributed by atoms with Gasteiger partial charge < -0.3 is 14.6 Å². The lowest BCUT2D eigenvalue weighted by Gasteiger charge is -2.26. The smallest absolute Gasteiger partial charge is 0.287 e. The van der Waals surface area contributed by atoms with E-state index >= 15 is 0 Å². The van der Waals surface area contributed by atoms with Crippen LogP contribution in [0.15, 0.2) is 22.6 Å². The zero-order valence-electron chi connectivity index (χ0n) is 19.5. The molecule has 0 fully saturated rings. The number of aromatic nitrogens is 2. The summed E-state index contributed by atoms with van der Waals surface area (Å²) < 4.78 is 7.68. The monoisotopic (exact) mass is 416 g/mol. The van der Waals surface area contributed by atoms with Crippen LogP contribution >= 0.6 is 0 Å². The predicted octanol–water partition coefficient (Wildman–Crippen LogP) is 4.94. The molecule has 0 spiro atoms. The Morgan fingerprint density at radius 3 is 2.37 bits per heavy atom. The zero-order valence-corrected chi connectivity index (χ0v) is 19.5. The quantitative estimate of drug-likeness (QED) is 0.443. The molecule has 0 radical (unpaired) electrons. The Morgan fingerprint density at radius 1 is 1.13 bits per heavy atom. The number of unbranched alkanes of at least 4 members (excludes halogenated alkanes) is 4. The summed E-state index contributed by atoms with van der Waals surface area (Å²) in [6.45, 7) is 14.1. The van der Waals surface area contributed by atoms with Crippen LogP contribution in [0.1, 0.15) is 87.0 Å². The molecule has 1 unspecified atom stereocenters. The van der Waals surface area contributed by atoms with Crippen LogP contribution in [-0.2, 0) is 6.54 Å². The van der Waals surface area contributed by atoms with Gasteiger partial charge in [0.15, 0.2) is 5.76 Å². The van der Waals surface area contributed by atoms with Gasteiger partial charge >= 0.3 is 0 Å². The zero-order chi connectivity index (χ0) is 21.9. The molecule has 2 heterocycles. The number of hydrogen-bond acceptors (Lipinski definition) is 4. The summed E-state index contributed by atoms with van der Waals surface area (Å²) in [5.41, 5.74) is 2.06. The van der Waals surface area contributed by atoms with Crippen molar-refractivity contribution in [2.45, 2.75) is 85.7 Å². The van der Waals surface area contributed by atoms with Crippen LogP contribution in [0, 0.1) is 13.8 Å². The van der Waals surface area contributed by atoms with Crippen LogP contribution < -0.4 is 5.32 Å². The second kappa shape index (κ2) is 12.6. The number of nitrogens with zero attached hydrogens (tertiary/aromatic N) is 3. The Hall–Kier alpha value is -2.08. The van der Waals surface area contributed by atoms with Gasteiger partial charge in [-0.3, -0.25) is 9.48 Å². The van der Waals surface area contributed by atoms with E-state index in [0.29, 0.717) is 12.3 Å². The normalized spacial score (nSPS) is 12.5. The first kappa shape index (κ1) is 24.2. The highest BCUT2D eigenvalue weighted by molar-refractivity contribution is 5.91. The highest BCUT2D eigenvalue weighted by Crippen LogP contribution is 2.12. The van der Waals surface area contributed by atoms with Gasteiger partial charge in [0.2, 0.25) is 0 Å². The van der Waals surface area contributed by atoms with Gasteiger partial charge in [-0.25, -0.2) is 0 Å². The molecule has 1 atom stereocenters. The molecule has 168 valence electrons. The van der Waals surface area contributed by atoms with Gasteiger partial charge in [0.1, 0.15) is 5.76 Å². The number of nitrogens with one attached hydrogen (secondary N) is 1.